The fourth-order valence-electron chi connectivity index (χ4n) is 3.01. The first-order valence-electron chi connectivity index (χ1n) is 9.22. The molecule has 1 aromatic carbocycles. The van der Waals surface area contributed by atoms with E-state index in [1.165, 1.54) is 17.7 Å². The number of benzene rings is 1. The van der Waals surface area contributed by atoms with Crippen LogP contribution in [0.3, 0.4) is 0 Å². The molecule has 28 heavy (non-hydrogen) atoms. The van der Waals surface area contributed by atoms with E-state index in [1.807, 2.05) is 30.9 Å². The van der Waals surface area contributed by atoms with Gasteiger partial charge in [-0.3, -0.25) is 9.67 Å². The summed E-state index contributed by atoms with van der Waals surface area (Å²) in [6.45, 7) is 5.44. The highest BCUT2D eigenvalue weighted by Crippen LogP contribution is 2.11. The highest BCUT2D eigenvalue weighted by Gasteiger charge is 2.10. The second kappa shape index (κ2) is 8.69. The van der Waals surface area contributed by atoms with Crippen molar-refractivity contribution in [3.05, 3.63) is 65.0 Å². The minimum atomic E-state index is -0.254. The highest BCUT2D eigenvalue weighted by molar-refractivity contribution is 5.79. The van der Waals surface area contributed by atoms with Gasteiger partial charge in [-0.2, -0.15) is 10.2 Å². The van der Waals surface area contributed by atoms with E-state index in [-0.39, 0.29) is 5.82 Å². The SMILES string of the molecule is CN=C(NCCc1ccn(-c2ccc(F)cc2)n1)NCc1c(C)nn(C)c1C. The number of nitrogens with zero attached hydrogens (tertiary/aromatic N) is 5. The number of hydrogen-bond acceptors (Lipinski definition) is 3. The minimum Gasteiger partial charge on any atom is -0.356 e. The number of halogens is 1. The van der Waals surface area contributed by atoms with Crippen LogP contribution in [0.5, 0.6) is 0 Å². The standard InChI is InChI=1S/C20H26FN7/c1-14-19(15(2)27(4)25-14)13-24-20(22-3)23-11-9-17-10-12-28(26-17)18-7-5-16(21)6-8-18/h5-8,10,12H,9,11,13H2,1-4H3,(H2,22,23,24). The fraction of sp³-hybridized carbons (Fsp3) is 0.350. The van der Waals surface area contributed by atoms with Gasteiger partial charge < -0.3 is 10.6 Å². The molecule has 0 atom stereocenters. The minimum absolute atomic E-state index is 0.254. The molecule has 148 valence electrons. The van der Waals surface area contributed by atoms with Gasteiger partial charge in [0.15, 0.2) is 5.96 Å². The van der Waals surface area contributed by atoms with Crippen LogP contribution in [0.2, 0.25) is 0 Å². The molecule has 7 nitrogen and oxygen atoms in total. The molecule has 0 saturated carbocycles. The Morgan fingerprint density at radius 2 is 1.86 bits per heavy atom. The zero-order valence-electron chi connectivity index (χ0n) is 16.7. The van der Waals surface area contributed by atoms with Crippen LogP contribution in [0.15, 0.2) is 41.5 Å². The van der Waals surface area contributed by atoms with Gasteiger partial charge in [-0.05, 0) is 44.2 Å². The molecule has 0 fully saturated rings. The lowest BCUT2D eigenvalue weighted by atomic mass is 10.2. The third-order valence-corrected chi connectivity index (χ3v) is 4.72. The second-order valence-corrected chi connectivity index (χ2v) is 6.60. The van der Waals surface area contributed by atoms with E-state index in [2.05, 4.69) is 32.7 Å². The van der Waals surface area contributed by atoms with Crippen LogP contribution in [-0.2, 0) is 20.0 Å². The molecule has 0 unspecified atom stereocenters. The average molecular weight is 383 g/mol. The quantitative estimate of drug-likeness (QED) is 0.506. The van der Waals surface area contributed by atoms with Crippen molar-refractivity contribution >= 4 is 5.96 Å². The lowest BCUT2D eigenvalue weighted by molar-refractivity contribution is 0.627. The molecular weight excluding hydrogens is 357 g/mol. The van der Waals surface area contributed by atoms with Gasteiger partial charge in [0.2, 0.25) is 0 Å². The topological polar surface area (TPSA) is 72.1 Å². The number of nitrogens with one attached hydrogen (secondary N) is 2. The van der Waals surface area contributed by atoms with E-state index in [1.54, 1.807) is 23.9 Å². The molecule has 0 amide bonds. The number of rotatable bonds is 6. The fourth-order valence-corrected chi connectivity index (χ4v) is 3.01. The van der Waals surface area contributed by atoms with Crippen molar-refractivity contribution in [2.45, 2.75) is 26.8 Å². The Morgan fingerprint density at radius 3 is 2.50 bits per heavy atom. The van der Waals surface area contributed by atoms with Crippen LogP contribution >= 0.6 is 0 Å². The lowest BCUT2D eigenvalue weighted by Crippen LogP contribution is -2.38. The Morgan fingerprint density at radius 1 is 1.11 bits per heavy atom. The predicted octanol–water partition coefficient (Wildman–Crippen LogP) is 2.27. The Kier molecular flexibility index (Phi) is 6.08. The molecule has 2 aromatic heterocycles. The molecule has 0 aliphatic rings. The zero-order chi connectivity index (χ0) is 20.1. The summed E-state index contributed by atoms with van der Waals surface area (Å²) in [5.41, 5.74) is 5.14. The predicted molar refractivity (Wildman–Crippen MR) is 108 cm³/mol. The molecule has 2 N–H and O–H groups in total. The number of aryl methyl sites for hydroxylation is 2. The molecule has 0 spiro atoms. The summed E-state index contributed by atoms with van der Waals surface area (Å²) in [4.78, 5) is 4.27. The first kappa shape index (κ1) is 19.6. The Bertz CT molecular complexity index is 954. The third-order valence-electron chi connectivity index (χ3n) is 4.72. The van der Waals surface area contributed by atoms with Crippen molar-refractivity contribution in [1.82, 2.24) is 30.2 Å². The van der Waals surface area contributed by atoms with Gasteiger partial charge in [-0.15, -0.1) is 0 Å². The van der Waals surface area contributed by atoms with Crippen LogP contribution in [0.4, 0.5) is 4.39 Å². The Balaban J connectivity index is 1.50. The summed E-state index contributed by atoms with van der Waals surface area (Å²) < 4.78 is 16.7. The Labute approximate surface area is 164 Å². The first-order chi connectivity index (χ1) is 13.5. The van der Waals surface area contributed by atoms with Crippen LogP contribution in [0, 0.1) is 19.7 Å². The van der Waals surface area contributed by atoms with Gasteiger partial charge in [0, 0.05) is 51.1 Å². The van der Waals surface area contributed by atoms with E-state index in [4.69, 9.17) is 0 Å². The molecule has 3 aromatic rings. The van der Waals surface area contributed by atoms with Crippen molar-refractivity contribution in [2.75, 3.05) is 13.6 Å². The zero-order valence-corrected chi connectivity index (χ0v) is 16.7. The summed E-state index contributed by atoms with van der Waals surface area (Å²) in [6, 6.07) is 8.24. The van der Waals surface area contributed by atoms with Gasteiger partial charge >= 0.3 is 0 Å². The first-order valence-corrected chi connectivity index (χ1v) is 9.22. The van der Waals surface area contributed by atoms with Crippen molar-refractivity contribution in [3.63, 3.8) is 0 Å². The second-order valence-electron chi connectivity index (χ2n) is 6.60. The molecule has 8 heteroatoms. The van der Waals surface area contributed by atoms with E-state index in [9.17, 15) is 4.39 Å². The highest BCUT2D eigenvalue weighted by atomic mass is 19.1. The number of guanidine groups is 1. The molecular formula is C20H26FN7. The third kappa shape index (κ3) is 4.57. The molecule has 3 rings (SSSR count). The van der Waals surface area contributed by atoms with Gasteiger partial charge in [-0.1, -0.05) is 0 Å². The molecule has 0 bridgehead atoms. The number of hydrogen-bond donors (Lipinski definition) is 2. The van der Waals surface area contributed by atoms with E-state index in [0.29, 0.717) is 13.1 Å². The van der Waals surface area contributed by atoms with Crippen molar-refractivity contribution in [1.29, 1.82) is 0 Å². The van der Waals surface area contributed by atoms with Crippen molar-refractivity contribution < 1.29 is 4.39 Å². The summed E-state index contributed by atoms with van der Waals surface area (Å²) in [5, 5.41) is 15.6. The normalized spacial score (nSPS) is 11.7. The molecule has 0 aliphatic heterocycles. The monoisotopic (exact) mass is 383 g/mol. The van der Waals surface area contributed by atoms with E-state index >= 15 is 0 Å². The van der Waals surface area contributed by atoms with E-state index < -0.39 is 0 Å². The van der Waals surface area contributed by atoms with Crippen molar-refractivity contribution in [2.24, 2.45) is 12.0 Å². The maximum atomic E-state index is 13.0. The smallest absolute Gasteiger partial charge is 0.191 e. The van der Waals surface area contributed by atoms with Gasteiger partial charge in [0.05, 0.1) is 17.1 Å². The molecule has 0 radical (unpaired) electrons. The van der Waals surface area contributed by atoms with Crippen LogP contribution in [0.25, 0.3) is 5.69 Å². The van der Waals surface area contributed by atoms with E-state index in [0.717, 1.165) is 35.1 Å². The van der Waals surface area contributed by atoms with Crippen LogP contribution in [0.1, 0.15) is 22.6 Å². The van der Waals surface area contributed by atoms with Crippen molar-refractivity contribution in [3.8, 4) is 5.69 Å². The number of aromatic nitrogens is 4. The maximum Gasteiger partial charge on any atom is 0.191 e. The molecule has 2 heterocycles. The van der Waals surface area contributed by atoms with Gasteiger partial charge in [-0.25, -0.2) is 9.07 Å². The summed E-state index contributed by atoms with van der Waals surface area (Å²) in [7, 11) is 3.70. The largest absolute Gasteiger partial charge is 0.356 e. The average Bonchev–Trinajstić information content (AvgIpc) is 3.24. The summed E-state index contributed by atoms with van der Waals surface area (Å²) in [6.07, 6.45) is 2.63. The maximum absolute atomic E-state index is 13.0. The number of aliphatic imine (C=N–C) groups is 1. The van der Waals surface area contributed by atoms with Gasteiger partial charge in [0.1, 0.15) is 5.82 Å². The summed E-state index contributed by atoms with van der Waals surface area (Å²) >= 11 is 0. The molecule has 0 saturated heterocycles. The lowest BCUT2D eigenvalue weighted by Gasteiger charge is -2.11. The van der Waals surface area contributed by atoms with Crippen LogP contribution < -0.4 is 10.6 Å². The summed E-state index contributed by atoms with van der Waals surface area (Å²) in [5.74, 6) is 0.483. The Hall–Kier alpha value is -3.16. The van der Waals surface area contributed by atoms with Gasteiger partial charge in [0.25, 0.3) is 0 Å². The molecule has 0 aliphatic carbocycles. The van der Waals surface area contributed by atoms with Crippen LogP contribution in [-0.4, -0.2) is 39.1 Å².